The predicted molar refractivity (Wildman–Crippen MR) is 82.7 cm³/mol. The molecular weight excluding hydrogens is 268 g/mol. The van der Waals surface area contributed by atoms with Crippen LogP contribution in [0.15, 0.2) is 29.4 Å². The number of hydrogen-bond acceptors (Lipinski definition) is 3. The molecule has 0 bridgehead atoms. The minimum absolute atomic E-state index is 0.00253. The molecule has 2 rings (SSSR count). The smallest absolute Gasteiger partial charge is 0.324 e. The van der Waals surface area contributed by atoms with Crippen molar-refractivity contribution in [2.45, 2.75) is 19.8 Å². The highest BCUT2D eigenvalue weighted by Crippen LogP contribution is 2.22. The lowest BCUT2D eigenvalue weighted by Crippen LogP contribution is -2.46. The van der Waals surface area contributed by atoms with Gasteiger partial charge in [-0.15, -0.1) is 0 Å². The number of hydrogen-bond donors (Lipinski definition) is 2. The van der Waals surface area contributed by atoms with Crippen molar-refractivity contribution in [2.75, 3.05) is 25.0 Å². The number of likely N-dealkylation sites (tertiary alicyclic amines) is 1. The van der Waals surface area contributed by atoms with E-state index in [1.807, 2.05) is 11.0 Å². The zero-order valence-electron chi connectivity index (χ0n) is 12.5. The summed E-state index contributed by atoms with van der Waals surface area (Å²) in [5.74, 6) is 0.521. The van der Waals surface area contributed by atoms with E-state index in [1.165, 1.54) is 0 Å². The third-order valence-electron chi connectivity index (χ3n) is 3.86. The van der Waals surface area contributed by atoms with Gasteiger partial charge in [0.2, 0.25) is 0 Å². The number of amides is 2. The van der Waals surface area contributed by atoms with Gasteiger partial charge in [0.05, 0.1) is 5.69 Å². The highest BCUT2D eigenvalue weighted by atomic mass is 16.4. The molecule has 2 amide bonds. The number of urea groups is 1. The number of amidine groups is 1. The van der Waals surface area contributed by atoms with Crippen molar-refractivity contribution in [1.82, 2.24) is 4.90 Å². The van der Waals surface area contributed by atoms with E-state index in [4.69, 9.17) is 10.9 Å². The van der Waals surface area contributed by atoms with Gasteiger partial charge >= 0.3 is 6.03 Å². The molecule has 1 saturated heterocycles. The third kappa shape index (κ3) is 3.26. The fraction of sp³-hybridized carbons (Fsp3) is 0.467. The summed E-state index contributed by atoms with van der Waals surface area (Å²) in [5, 5.41) is 11.9. The van der Waals surface area contributed by atoms with Crippen LogP contribution in [-0.4, -0.2) is 42.1 Å². The Bertz CT molecular complexity index is 544. The molecule has 1 aromatic rings. The molecule has 0 aromatic heterocycles. The molecule has 0 saturated carbocycles. The number of carbonyl (C=O) groups excluding carboxylic acids is 1. The van der Waals surface area contributed by atoms with Crippen LogP contribution in [0.3, 0.4) is 0 Å². The summed E-state index contributed by atoms with van der Waals surface area (Å²) in [7, 11) is 1.71. The summed E-state index contributed by atoms with van der Waals surface area (Å²) < 4.78 is 0. The van der Waals surface area contributed by atoms with Crippen LogP contribution in [0.5, 0.6) is 0 Å². The van der Waals surface area contributed by atoms with Gasteiger partial charge in [0.1, 0.15) is 0 Å². The number of rotatable bonds is 2. The second kappa shape index (κ2) is 6.47. The Hall–Kier alpha value is -2.24. The standard InChI is InChI=1S/C15H22N4O2/c1-11-6-5-9-19(10-11)15(20)18(2)13-8-4-3-7-12(13)14(16)17-21/h3-4,7-8,11,21H,5-6,9-10H2,1-2H3,(H2,16,17). The first-order valence-electron chi connectivity index (χ1n) is 7.14. The summed E-state index contributed by atoms with van der Waals surface area (Å²) in [6.45, 7) is 3.71. The summed E-state index contributed by atoms with van der Waals surface area (Å²) in [6.07, 6.45) is 2.19. The van der Waals surface area contributed by atoms with Crippen LogP contribution in [0.2, 0.25) is 0 Å². The quantitative estimate of drug-likeness (QED) is 0.378. The first-order valence-corrected chi connectivity index (χ1v) is 7.14. The normalized spacial score (nSPS) is 19.4. The number of anilines is 1. The number of carbonyl (C=O) groups is 1. The van der Waals surface area contributed by atoms with E-state index in [2.05, 4.69) is 12.1 Å². The monoisotopic (exact) mass is 290 g/mol. The van der Waals surface area contributed by atoms with Crippen molar-refractivity contribution >= 4 is 17.6 Å². The molecule has 1 aliphatic heterocycles. The molecule has 3 N–H and O–H groups in total. The van der Waals surface area contributed by atoms with Crippen LogP contribution < -0.4 is 10.6 Å². The van der Waals surface area contributed by atoms with Gasteiger partial charge in [0.25, 0.3) is 0 Å². The first-order chi connectivity index (χ1) is 10.0. The van der Waals surface area contributed by atoms with Crippen LogP contribution in [0.25, 0.3) is 0 Å². The fourth-order valence-corrected chi connectivity index (χ4v) is 2.71. The zero-order chi connectivity index (χ0) is 15.4. The average Bonchev–Trinajstić information content (AvgIpc) is 2.52. The maximum Gasteiger partial charge on any atom is 0.324 e. The minimum Gasteiger partial charge on any atom is -0.409 e. The molecule has 0 aliphatic carbocycles. The topological polar surface area (TPSA) is 82.2 Å². The van der Waals surface area contributed by atoms with Crippen molar-refractivity contribution in [3.8, 4) is 0 Å². The van der Waals surface area contributed by atoms with Gasteiger partial charge in [0.15, 0.2) is 5.84 Å². The number of para-hydroxylation sites is 1. The number of piperidine rings is 1. The van der Waals surface area contributed by atoms with Gasteiger partial charge < -0.3 is 15.8 Å². The minimum atomic E-state index is -0.0558. The van der Waals surface area contributed by atoms with Crippen molar-refractivity contribution in [3.63, 3.8) is 0 Å². The van der Waals surface area contributed by atoms with E-state index in [9.17, 15) is 4.79 Å². The Kier molecular flexibility index (Phi) is 4.67. The molecule has 1 aromatic carbocycles. The van der Waals surface area contributed by atoms with Gasteiger partial charge in [-0.05, 0) is 30.9 Å². The predicted octanol–water partition coefficient (Wildman–Crippen LogP) is 2.07. The number of nitrogens with two attached hydrogens (primary N) is 1. The van der Waals surface area contributed by atoms with E-state index < -0.39 is 0 Å². The summed E-state index contributed by atoms with van der Waals surface area (Å²) in [4.78, 5) is 16.0. The maximum atomic E-state index is 12.6. The fourth-order valence-electron chi connectivity index (χ4n) is 2.71. The molecule has 1 heterocycles. The van der Waals surface area contributed by atoms with E-state index in [1.54, 1.807) is 30.1 Å². The lowest BCUT2D eigenvalue weighted by atomic mass is 10.0. The van der Waals surface area contributed by atoms with Gasteiger partial charge in [-0.3, -0.25) is 4.90 Å². The van der Waals surface area contributed by atoms with E-state index >= 15 is 0 Å². The van der Waals surface area contributed by atoms with Crippen molar-refractivity contribution in [3.05, 3.63) is 29.8 Å². The van der Waals surface area contributed by atoms with E-state index in [0.717, 1.165) is 25.9 Å². The summed E-state index contributed by atoms with van der Waals surface area (Å²) in [5.41, 5.74) is 6.86. The van der Waals surface area contributed by atoms with Crippen molar-refractivity contribution in [2.24, 2.45) is 16.8 Å². The van der Waals surface area contributed by atoms with Gasteiger partial charge in [-0.25, -0.2) is 4.79 Å². The molecule has 1 unspecified atom stereocenters. The molecule has 21 heavy (non-hydrogen) atoms. The summed E-state index contributed by atoms with van der Waals surface area (Å²) >= 11 is 0. The SMILES string of the molecule is CC1CCCN(C(=O)N(C)c2ccccc2/C(N)=N/O)C1. The summed E-state index contributed by atoms with van der Waals surface area (Å²) in [6, 6.07) is 7.08. The Morgan fingerprint density at radius 3 is 2.86 bits per heavy atom. The van der Waals surface area contributed by atoms with Crippen LogP contribution in [0, 0.1) is 5.92 Å². The van der Waals surface area contributed by atoms with E-state index in [0.29, 0.717) is 17.2 Å². The van der Waals surface area contributed by atoms with Gasteiger partial charge in [-0.2, -0.15) is 0 Å². The third-order valence-corrected chi connectivity index (χ3v) is 3.86. The molecule has 6 nitrogen and oxygen atoms in total. The van der Waals surface area contributed by atoms with Gasteiger partial charge in [-0.1, -0.05) is 24.2 Å². The second-order valence-electron chi connectivity index (χ2n) is 5.54. The number of benzene rings is 1. The number of nitrogens with zero attached hydrogens (tertiary/aromatic N) is 3. The lowest BCUT2D eigenvalue weighted by Gasteiger charge is -2.34. The Morgan fingerprint density at radius 2 is 2.19 bits per heavy atom. The van der Waals surface area contributed by atoms with Crippen LogP contribution >= 0.6 is 0 Å². The molecule has 1 fully saturated rings. The molecule has 114 valence electrons. The largest absolute Gasteiger partial charge is 0.409 e. The first kappa shape index (κ1) is 15.2. The molecular formula is C15H22N4O2. The van der Waals surface area contributed by atoms with Crippen molar-refractivity contribution in [1.29, 1.82) is 0 Å². The molecule has 1 aliphatic rings. The molecule has 6 heteroatoms. The van der Waals surface area contributed by atoms with Crippen LogP contribution in [0.1, 0.15) is 25.3 Å². The average molecular weight is 290 g/mol. The Morgan fingerprint density at radius 1 is 1.48 bits per heavy atom. The lowest BCUT2D eigenvalue weighted by molar-refractivity contribution is 0.177. The van der Waals surface area contributed by atoms with Crippen LogP contribution in [-0.2, 0) is 0 Å². The Balaban J connectivity index is 2.23. The van der Waals surface area contributed by atoms with Crippen LogP contribution in [0.4, 0.5) is 10.5 Å². The van der Waals surface area contributed by atoms with Gasteiger partial charge in [0, 0.05) is 25.7 Å². The second-order valence-corrected chi connectivity index (χ2v) is 5.54. The zero-order valence-corrected chi connectivity index (χ0v) is 12.5. The molecule has 0 spiro atoms. The van der Waals surface area contributed by atoms with Crippen molar-refractivity contribution < 1.29 is 10.0 Å². The maximum absolute atomic E-state index is 12.6. The highest BCUT2D eigenvalue weighted by Gasteiger charge is 2.25. The highest BCUT2D eigenvalue weighted by molar-refractivity contribution is 6.05. The number of oxime groups is 1. The molecule has 0 radical (unpaired) electrons. The van der Waals surface area contributed by atoms with E-state index in [-0.39, 0.29) is 11.9 Å². The molecule has 1 atom stereocenters. The Labute approximate surface area is 124 Å².